The summed E-state index contributed by atoms with van der Waals surface area (Å²) in [7, 11) is 2.32. The van der Waals surface area contributed by atoms with Gasteiger partial charge in [0, 0.05) is 5.57 Å². The standard InChI is InChI=1S/C10H14O6/c1-6(7(11)4-9(13)15-2)8(12)5-10(14)16-3/h11H,4-5H2,1-3H3/b7-6-. The van der Waals surface area contributed by atoms with Crippen molar-refractivity contribution in [2.75, 3.05) is 14.2 Å². The molecule has 6 nitrogen and oxygen atoms in total. The molecule has 0 fully saturated rings. The van der Waals surface area contributed by atoms with E-state index >= 15 is 0 Å². The molecule has 0 rings (SSSR count). The van der Waals surface area contributed by atoms with Crippen molar-refractivity contribution in [2.45, 2.75) is 19.8 Å². The Kier molecular flexibility index (Phi) is 5.84. The van der Waals surface area contributed by atoms with Crippen molar-refractivity contribution in [1.29, 1.82) is 0 Å². The van der Waals surface area contributed by atoms with E-state index < -0.39 is 36.3 Å². The van der Waals surface area contributed by atoms with Crippen LogP contribution in [0.5, 0.6) is 0 Å². The summed E-state index contributed by atoms with van der Waals surface area (Å²) in [5.74, 6) is -2.35. The van der Waals surface area contributed by atoms with E-state index in [-0.39, 0.29) is 5.57 Å². The van der Waals surface area contributed by atoms with Gasteiger partial charge < -0.3 is 14.6 Å². The second-order valence-corrected chi connectivity index (χ2v) is 3.00. The lowest BCUT2D eigenvalue weighted by molar-refractivity contribution is -0.142. The molecule has 1 N–H and O–H groups in total. The summed E-state index contributed by atoms with van der Waals surface area (Å²) < 4.78 is 8.61. The predicted octanol–water partition coefficient (Wildman–Crippen LogP) is 0.514. The molecule has 0 aliphatic heterocycles. The highest BCUT2D eigenvalue weighted by molar-refractivity contribution is 6.05. The van der Waals surface area contributed by atoms with Gasteiger partial charge >= 0.3 is 11.9 Å². The smallest absolute Gasteiger partial charge is 0.313 e. The number of carbonyl (C=O) groups excluding carboxylic acids is 3. The number of aliphatic hydroxyl groups excluding tert-OH is 1. The van der Waals surface area contributed by atoms with Crippen molar-refractivity contribution in [3.63, 3.8) is 0 Å². The van der Waals surface area contributed by atoms with E-state index in [1.165, 1.54) is 14.0 Å². The maximum absolute atomic E-state index is 11.4. The number of aliphatic hydroxyl groups is 1. The molecule has 0 amide bonds. The number of ketones is 1. The Morgan fingerprint density at radius 3 is 1.88 bits per heavy atom. The number of Topliss-reactive ketones (excluding diaryl/α,β-unsaturated/α-hetero) is 1. The first kappa shape index (κ1) is 14.2. The van der Waals surface area contributed by atoms with Gasteiger partial charge in [0.25, 0.3) is 0 Å². The van der Waals surface area contributed by atoms with Gasteiger partial charge in [-0.15, -0.1) is 0 Å². The van der Waals surface area contributed by atoms with Crippen molar-refractivity contribution < 1.29 is 29.0 Å². The largest absolute Gasteiger partial charge is 0.511 e. The van der Waals surface area contributed by atoms with E-state index in [0.29, 0.717) is 0 Å². The summed E-state index contributed by atoms with van der Waals surface area (Å²) in [6.07, 6.45) is -0.858. The van der Waals surface area contributed by atoms with Gasteiger partial charge in [0.1, 0.15) is 18.6 Å². The third-order valence-electron chi connectivity index (χ3n) is 1.92. The Morgan fingerprint density at radius 2 is 1.44 bits per heavy atom. The van der Waals surface area contributed by atoms with Crippen LogP contribution in [-0.2, 0) is 23.9 Å². The van der Waals surface area contributed by atoms with Gasteiger partial charge in [-0.25, -0.2) is 0 Å². The highest BCUT2D eigenvalue weighted by Crippen LogP contribution is 2.09. The predicted molar refractivity (Wildman–Crippen MR) is 53.6 cm³/mol. The summed E-state index contributed by atoms with van der Waals surface area (Å²) in [6, 6.07) is 0. The van der Waals surface area contributed by atoms with Gasteiger partial charge in [-0.05, 0) is 6.92 Å². The maximum atomic E-state index is 11.4. The molecule has 0 saturated heterocycles. The second kappa shape index (κ2) is 6.60. The minimum atomic E-state index is -0.699. The number of allylic oxidation sites excluding steroid dienone is 1. The third kappa shape index (κ3) is 4.59. The lowest BCUT2D eigenvalue weighted by atomic mass is 10.1. The summed E-state index contributed by atoms with van der Waals surface area (Å²) in [4.78, 5) is 32.9. The quantitative estimate of drug-likeness (QED) is 0.320. The molecule has 0 aromatic rings. The van der Waals surface area contributed by atoms with Crippen LogP contribution in [0.3, 0.4) is 0 Å². The lowest BCUT2D eigenvalue weighted by Crippen LogP contribution is -2.13. The molecule has 16 heavy (non-hydrogen) atoms. The van der Waals surface area contributed by atoms with Gasteiger partial charge in [-0.1, -0.05) is 0 Å². The first-order chi connectivity index (χ1) is 7.42. The molecule has 0 heterocycles. The molecule has 0 aliphatic carbocycles. The highest BCUT2D eigenvalue weighted by Gasteiger charge is 2.16. The first-order valence-electron chi connectivity index (χ1n) is 4.47. The molecule has 0 bridgehead atoms. The minimum absolute atomic E-state index is 0.0456. The van der Waals surface area contributed by atoms with Gasteiger partial charge in [-0.3, -0.25) is 14.4 Å². The number of carbonyl (C=O) groups is 3. The average Bonchev–Trinajstić information content (AvgIpc) is 2.27. The number of rotatable bonds is 5. The van der Waals surface area contributed by atoms with Crippen molar-refractivity contribution >= 4 is 17.7 Å². The van der Waals surface area contributed by atoms with E-state index in [1.807, 2.05) is 0 Å². The zero-order chi connectivity index (χ0) is 12.7. The van der Waals surface area contributed by atoms with E-state index in [1.54, 1.807) is 0 Å². The van der Waals surface area contributed by atoms with Crippen LogP contribution in [0.1, 0.15) is 19.8 Å². The molecule has 0 saturated carbocycles. The minimum Gasteiger partial charge on any atom is -0.511 e. The number of ether oxygens (including phenoxy) is 2. The van der Waals surface area contributed by atoms with Crippen LogP contribution in [0.4, 0.5) is 0 Å². The first-order valence-corrected chi connectivity index (χ1v) is 4.47. The van der Waals surface area contributed by atoms with E-state index in [0.717, 1.165) is 7.11 Å². The molecule has 0 radical (unpaired) electrons. The highest BCUT2D eigenvalue weighted by atomic mass is 16.5. The molecule has 0 unspecified atom stereocenters. The molecule has 0 aliphatic rings. The Hall–Kier alpha value is -1.85. The number of hydrogen-bond acceptors (Lipinski definition) is 6. The van der Waals surface area contributed by atoms with E-state index in [4.69, 9.17) is 0 Å². The van der Waals surface area contributed by atoms with Crippen LogP contribution in [0.15, 0.2) is 11.3 Å². The molecular weight excluding hydrogens is 216 g/mol. The Bertz CT molecular complexity index is 328. The van der Waals surface area contributed by atoms with Gasteiger partial charge in [0.2, 0.25) is 0 Å². The number of methoxy groups -OCH3 is 2. The fraction of sp³-hybridized carbons (Fsp3) is 0.500. The van der Waals surface area contributed by atoms with Crippen molar-refractivity contribution in [3.8, 4) is 0 Å². The topological polar surface area (TPSA) is 89.9 Å². The summed E-state index contributed by atoms with van der Waals surface area (Å²) in [5, 5.41) is 9.38. The van der Waals surface area contributed by atoms with Crippen LogP contribution in [0, 0.1) is 0 Å². The van der Waals surface area contributed by atoms with E-state index in [2.05, 4.69) is 9.47 Å². The second-order valence-electron chi connectivity index (χ2n) is 3.00. The number of hydrogen-bond donors (Lipinski definition) is 1. The lowest BCUT2D eigenvalue weighted by Gasteiger charge is -2.04. The third-order valence-corrected chi connectivity index (χ3v) is 1.92. The Labute approximate surface area is 92.8 Å². The van der Waals surface area contributed by atoms with Crippen molar-refractivity contribution in [1.82, 2.24) is 0 Å². The van der Waals surface area contributed by atoms with Gasteiger partial charge in [0.15, 0.2) is 5.78 Å². The van der Waals surface area contributed by atoms with Gasteiger partial charge in [0.05, 0.1) is 14.2 Å². The Balaban J connectivity index is 4.55. The molecule has 0 atom stereocenters. The average molecular weight is 230 g/mol. The Morgan fingerprint density at radius 1 is 1.00 bits per heavy atom. The molecule has 0 spiro atoms. The van der Waals surface area contributed by atoms with Crippen molar-refractivity contribution in [3.05, 3.63) is 11.3 Å². The zero-order valence-electron chi connectivity index (χ0n) is 9.40. The van der Waals surface area contributed by atoms with Gasteiger partial charge in [-0.2, -0.15) is 0 Å². The normalized spacial score (nSPS) is 11.4. The van der Waals surface area contributed by atoms with Crippen LogP contribution >= 0.6 is 0 Å². The van der Waals surface area contributed by atoms with E-state index in [9.17, 15) is 19.5 Å². The maximum Gasteiger partial charge on any atom is 0.313 e. The van der Waals surface area contributed by atoms with Crippen LogP contribution < -0.4 is 0 Å². The van der Waals surface area contributed by atoms with Crippen LogP contribution in [0.25, 0.3) is 0 Å². The fourth-order valence-electron chi connectivity index (χ4n) is 0.838. The van der Waals surface area contributed by atoms with Crippen LogP contribution in [0.2, 0.25) is 0 Å². The molecule has 0 aromatic heterocycles. The molecule has 90 valence electrons. The zero-order valence-corrected chi connectivity index (χ0v) is 9.40. The fourth-order valence-corrected chi connectivity index (χ4v) is 0.838. The molecule has 0 aromatic carbocycles. The van der Waals surface area contributed by atoms with Crippen LogP contribution in [-0.4, -0.2) is 37.0 Å². The molecule has 6 heteroatoms. The SMILES string of the molecule is COC(=O)CC(=O)/C(C)=C(\O)CC(=O)OC. The number of esters is 2. The molecular formula is C10H14O6. The van der Waals surface area contributed by atoms with Crippen molar-refractivity contribution in [2.24, 2.45) is 0 Å². The summed E-state index contributed by atoms with van der Waals surface area (Å²) in [5.41, 5.74) is -0.0456. The summed E-state index contributed by atoms with van der Waals surface area (Å²) in [6.45, 7) is 1.32. The monoisotopic (exact) mass is 230 g/mol. The summed E-state index contributed by atoms with van der Waals surface area (Å²) >= 11 is 0.